The Balaban J connectivity index is 1.38. The maximum atomic E-state index is 12.6. The molecule has 0 aliphatic heterocycles. The zero-order valence-electron chi connectivity index (χ0n) is 15.7. The fraction of sp³-hybridized carbons (Fsp3) is 0.238. The van der Waals surface area contributed by atoms with E-state index in [-0.39, 0.29) is 11.9 Å². The van der Waals surface area contributed by atoms with Crippen LogP contribution in [0.15, 0.2) is 59.1 Å². The minimum absolute atomic E-state index is 0.0196. The smallest absolute Gasteiger partial charge is 0.227 e. The third kappa shape index (κ3) is 3.80. The van der Waals surface area contributed by atoms with E-state index < -0.39 is 0 Å². The summed E-state index contributed by atoms with van der Waals surface area (Å²) in [6.07, 6.45) is 0.720. The molecule has 4 rings (SSSR count). The van der Waals surface area contributed by atoms with E-state index in [0.717, 1.165) is 20.8 Å². The quantitative estimate of drug-likeness (QED) is 0.483. The standard InChI is InChI=1S/C21H20N4O2S/c1-14(21-22-16-10-6-7-11-17(16)28-21)25(2)19(26)13-12-18-23-20(24-27-18)15-8-4-3-5-9-15/h3-11,14H,12-13H2,1-2H3/t14-/m1/s1. The van der Waals surface area contributed by atoms with Gasteiger partial charge in [-0.25, -0.2) is 4.98 Å². The van der Waals surface area contributed by atoms with Crippen LogP contribution in [0.1, 0.15) is 30.3 Å². The normalized spacial score (nSPS) is 12.2. The Bertz CT molecular complexity index is 1060. The van der Waals surface area contributed by atoms with Gasteiger partial charge in [-0.2, -0.15) is 4.98 Å². The van der Waals surface area contributed by atoms with Crippen LogP contribution in [0, 0.1) is 0 Å². The Morgan fingerprint density at radius 2 is 1.86 bits per heavy atom. The van der Waals surface area contributed by atoms with Gasteiger partial charge < -0.3 is 9.42 Å². The van der Waals surface area contributed by atoms with E-state index in [9.17, 15) is 4.79 Å². The summed E-state index contributed by atoms with van der Waals surface area (Å²) in [4.78, 5) is 23.4. The molecule has 4 aromatic rings. The molecule has 0 N–H and O–H groups in total. The van der Waals surface area contributed by atoms with E-state index in [0.29, 0.717) is 24.6 Å². The highest BCUT2D eigenvalue weighted by molar-refractivity contribution is 7.18. The highest BCUT2D eigenvalue weighted by atomic mass is 32.1. The van der Waals surface area contributed by atoms with Gasteiger partial charge in [-0.05, 0) is 19.1 Å². The SMILES string of the molecule is C[C@H](c1nc2ccccc2s1)N(C)C(=O)CCc1nc(-c2ccccc2)no1. The number of para-hydroxylation sites is 1. The van der Waals surface area contributed by atoms with Gasteiger partial charge in [0.25, 0.3) is 0 Å². The maximum Gasteiger partial charge on any atom is 0.227 e. The van der Waals surface area contributed by atoms with Crippen LogP contribution in [0.4, 0.5) is 0 Å². The molecule has 142 valence electrons. The van der Waals surface area contributed by atoms with Crippen molar-refractivity contribution < 1.29 is 9.32 Å². The Hall–Kier alpha value is -3.06. The number of amides is 1. The van der Waals surface area contributed by atoms with Crippen molar-refractivity contribution in [3.63, 3.8) is 0 Å². The van der Waals surface area contributed by atoms with E-state index in [1.807, 2.05) is 68.6 Å². The molecule has 0 spiro atoms. The largest absolute Gasteiger partial charge is 0.339 e. The molecule has 0 radical (unpaired) electrons. The van der Waals surface area contributed by atoms with Crippen molar-refractivity contribution in [2.75, 3.05) is 7.05 Å². The Labute approximate surface area is 166 Å². The summed E-state index contributed by atoms with van der Waals surface area (Å²) in [5.41, 5.74) is 1.86. The molecule has 2 heterocycles. The first kappa shape index (κ1) is 18.3. The second kappa shape index (κ2) is 7.90. The van der Waals surface area contributed by atoms with Crippen molar-refractivity contribution in [3.05, 3.63) is 65.5 Å². The summed E-state index contributed by atoms with van der Waals surface area (Å²) in [6.45, 7) is 2.00. The van der Waals surface area contributed by atoms with Crippen LogP contribution in [-0.4, -0.2) is 33.0 Å². The molecular weight excluding hydrogens is 372 g/mol. The van der Waals surface area contributed by atoms with Crippen LogP contribution in [0.5, 0.6) is 0 Å². The molecular formula is C21H20N4O2S. The number of aryl methyl sites for hydroxylation is 1. The molecule has 2 aromatic carbocycles. The van der Waals surface area contributed by atoms with Crippen molar-refractivity contribution in [1.82, 2.24) is 20.0 Å². The van der Waals surface area contributed by atoms with Crippen molar-refractivity contribution in [2.45, 2.75) is 25.8 Å². The summed E-state index contributed by atoms with van der Waals surface area (Å²) < 4.78 is 6.42. The van der Waals surface area contributed by atoms with E-state index in [2.05, 4.69) is 15.1 Å². The van der Waals surface area contributed by atoms with Crippen molar-refractivity contribution in [3.8, 4) is 11.4 Å². The van der Waals surface area contributed by atoms with Crippen molar-refractivity contribution in [2.24, 2.45) is 0 Å². The molecule has 7 heteroatoms. The minimum Gasteiger partial charge on any atom is -0.339 e. The van der Waals surface area contributed by atoms with E-state index in [4.69, 9.17) is 4.52 Å². The fourth-order valence-electron chi connectivity index (χ4n) is 2.90. The first-order valence-corrected chi connectivity index (χ1v) is 9.92. The van der Waals surface area contributed by atoms with E-state index in [1.54, 1.807) is 16.2 Å². The van der Waals surface area contributed by atoms with Gasteiger partial charge in [-0.3, -0.25) is 4.79 Å². The molecule has 0 bridgehead atoms. The van der Waals surface area contributed by atoms with Crippen LogP contribution in [0.2, 0.25) is 0 Å². The van der Waals surface area contributed by atoms with Gasteiger partial charge in [-0.1, -0.05) is 47.6 Å². The zero-order valence-corrected chi connectivity index (χ0v) is 16.5. The number of fused-ring (bicyclic) bond motifs is 1. The second-order valence-corrected chi connectivity index (χ2v) is 7.64. The highest BCUT2D eigenvalue weighted by Gasteiger charge is 2.21. The molecule has 0 fully saturated rings. The molecule has 0 saturated carbocycles. The lowest BCUT2D eigenvalue weighted by molar-refractivity contribution is -0.131. The Morgan fingerprint density at radius 1 is 1.11 bits per heavy atom. The number of carbonyl (C=O) groups is 1. The number of hydrogen-bond acceptors (Lipinski definition) is 6. The van der Waals surface area contributed by atoms with Gasteiger partial charge in [0.15, 0.2) is 0 Å². The molecule has 0 saturated heterocycles. The van der Waals surface area contributed by atoms with Crippen LogP contribution >= 0.6 is 11.3 Å². The number of thiazole rings is 1. The molecule has 0 aliphatic rings. The predicted molar refractivity (Wildman–Crippen MR) is 109 cm³/mol. The number of nitrogens with zero attached hydrogens (tertiary/aromatic N) is 4. The molecule has 1 amide bonds. The lowest BCUT2D eigenvalue weighted by Gasteiger charge is -2.23. The molecule has 0 unspecified atom stereocenters. The van der Waals surface area contributed by atoms with Gasteiger partial charge in [0, 0.05) is 25.5 Å². The molecule has 28 heavy (non-hydrogen) atoms. The van der Waals surface area contributed by atoms with Crippen LogP contribution < -0.4 is 0 Å². The lowest BCUT2D eigenvalue weighted by Crippen LogP contribution is -2.29. The first-order chi connectivity index (χ1) is 13.6. The fourth-order valence-corrected chi connectivity index (χ4v) is 3.96. The summed E-state index contributed by atoms with van der Waals surface area (Å²) in [5, 5.41) is 4.93. The Kier molecular flexibility index (Phi) is 5.16. The van der Waals surface area contributed by atoms with Gasteiger partial charge in [0.1, 0.15) is 5.01 Å². The van der Waals surface area contributed by atoms with Crippen LogP contribution in [0.3, 0.4) is 0 Å². The third-order valence-electron chi connectivity index (χ3n) is 4.69. The summed E-state index contributed by atoms with van der Waals surface area (Å²) in [6, 6.07) is 17.5. The lowest BCUT2D eigenvalue weighted by atomic mass is 10.2. The maximum absolute atomic E-state index is 12.6. The van der Waals surface area contributed by atoms with E-state index in [1.165, 1.54) is 0 Å². The topological polar surface area (TPSA) is 72.1 Å². The van der Waals surface area contributed by atoms with Crippen LogP contribution in [-0.2, 0) is 11.2 Å². The van der Waals surface area contributed by atoms with Crippen molar-refractivity contribution >= 4 is 27.5 Å². The summed E-state index contributed by atoms with van der Waals surface area (Å²) in [7, 11) is 1.81. The average molecular weight is 392 g/mol. The monoisotopic (exact) mass is 392 g/mol. The summed E-state index contributed by atoms with van der Waals surface area (Å²) >= 11 is 1.62. The number of carbonyl (C=O) groups excluding carboxylic acids is 1. The zero-order chi connectivity index (χ0) is 19.5. The predicted octanol–water partition coefficient (Wildman–Crippen LogP) is 4.50. The number of rotatable bonds is 6. The van der Waals surface area contributed by atoms with Crippen molar-refractivity contribution in [1.29, 1.82) is 0 Å². The molecule has 6 nitrogen and oxygen atoms in total. The van der Waals surface area contributed by atoms with Gasteiger partial charge in [-0.15, -0.1) is 11.3 Å². The molecule has 0 aliphatic carbocycles. The van der Waals surface area contributed by atoms with Gasteiger partial charge >= 0.3 is 0 Å². The first-order valence-electron chi connectivity index (χ1n) is 9.11. The third-order valence-corrected chi connectivity index (χ3v) is 5.90. The van der Waals surface area contributed by atoms with Crippen LogP contribution in [0.25, 0.3) is 21.6 Å². The van der Waals surface area contributed by atoms with Gasteiger partial charge in [0.2, 0.25) is 17.6 Å². The number of benzene rings is 2. The number of hydrogen-bond donors (Lipinski definition) is 0. The average Bonchev–Trinajstić information content (AvgIpc) is 3.38. The minimum atomic E-state index is -0.0903. The Morgan fingerprint density at radius 3 is 2.64 bits per heavy atom. The van der Waals surface area contributed by atoms with Gasteiger partial charge in [0.05, 0.1) is 16.3 Å². The summed E-state index contributed by atoms with van der Waals surface area (Å²) in [5.74, 6) is 1.03. The molecule has 2 aromatic heterocycles. The highest BCUT2D eigenvalue weighted by Crippen LogP contribution is 2.29. The second-order valence-electron chi connectivity index (χ2n) is 6.58. The molecule has 1 atom stereocenters. The van der Waals surface area contributed by atoms with E-state index >= 15 is 0 Å². The number of aromatic nitrogens is 3.